The van der Waals surface area contributed by atoms with Crippen LogP contribution in [0.15, 0.2) is 65.8 Å². The van der Waals surface area contributed by atoms with Gasteiger partial charge in [0.25, 0.3) is 5.56 Å². The molecule has 0 radical (unpaired) electrons. The number of ether oxygens (including phenoxy) is 1. The molecule has 1 saturated heterocycles. The number of rotatable bonds is 4. The van der Waals surface area contributed by atoms with E-state index in [0.29, 0.717) is 6.54 Å². The van der Waals surface area contributed by atoms with Gasteiger partial charge >= 0.3 is 0 Å². The molecule has 6 heteroatoms. The van der Waals surface area contributed by atoms with E-state index >= 15 is 0 Å². The largest absolute Gasteiger partial charge is 0.375 e. The SMILES string of the molecule is Cc1cccc(Cn2ccc(-c3c[nH]c4ncc(N5CCOC(C)C5)cc34)cc2=O)c1. The Hall–Kier alpha value is -3.38. The van der Waals surface area contributed by atoms with E-state index in [2.05, 4.69) is 46.9 Å². The quantitative estimate of drug-likeness (QED) is 0.549. The van der Waals surface area contributed by atoms with Crippen molar-refractivity contribution in [3.05, 3.63) is 82.5 Å². The number of nitrogens with zero attached hydrogens (tertiary/aromatic N) is 3. The molecule has 1 fully saturated rings. The zero-order valence-corrected chi connectivity index (χ0v) is 17.8. The molecule has 4 aromatic rings. The Kier molecular flexibility index (Phi) is 5.08. The summed E-state index contributed by atoms with van der Waals surface area (Å²) in [6.45, 7) is 7.14. The maximum Gasteiger partial charge on any atom is 0.251 e. The molecule has 158 valence electrons. The Balaban J connectivity index is 1.47. The van der Waals surface area contributed by atoms with Crippen molar-refractivity contribution in [3.8, 4) is 11.1 Å². The lowest BCUT2D eigenvalue weighted by Crippen LogP contribution is -2.41. The molecule has 1 atom stereocenters. The number of aromatic nitrogens is 3. The van der Waals surface area contributed by atoms with E-state index in [9.17, 15) is 4.79 Å². The monoisotopic (exact) mass is 414 g/mol. The van der Waals surface area contributed by atoms with Gasteiger partial charge in [-0.3, -0.25) is 4.79 Å². The molecule has 1 aliphatic heterocycles. The summed E-state index contributed by atoms with van der Waals surface area (Å²) in [6, 6.07) is 14.1. The fourth-order valence-electron chi connectivity index (χ4n) is 4.27. The average molecular weight is 415 g/mol. The third-order valence-corrected chi connectivity index (χ3v) is 5.87. The lowest BCUT2D eigenvalue weighted by Gasteiger charge is -2.32. The van der Waals surface area contributed by atoms with Crippen LogP contribution in [0.1, 0.15) is 18.1 Å². The van der Waals surface area contributed by atoms with Crippen LogP contribution < -0.4 is 10.5 Å². The van der Waals surface area contributed by atoms with Crippen LogP contribution in [-0.4, -0.2) is 40.3 Å². The van der Waals surface area contributed by atoms with Crippen LogP contribution in [0, 0.1) is 6.92 Å². The molecule has 3 aromatic heterocycles. The summed E-state index contributed by atoms with van der Waals surface area (Å²) < 4.78 is 7.41. The molecule has 1 aliphatic rings. The van der Waals surface area contributed by atoms with E-state index in [1.54, 1.807) is 10.6 Å². The number of aryl methyl sites for hydroxylation is 1. The number of nitrogens with one attached hydrogen (secondary N) is 1. The van der Waals surface area contributed by atoms with Crippen molar-refractivity contribution in [2.45, 2.75) is 26.5 Å². The Labute approximate surface area is 181 Å². The number of hydrogen-bond donors (Lipinski definition) is 1. The van der Waals surface area contributed by atoms with Crippen LogP contribution >= 0.6 is 0 Å². The zero-order chi connectivity index (χ0) is 21.4. The second kappa shape index (κ2) is 8.04. The number of benzene rings is 1. The molecule has 1 aromatic carbocycles. The van der Waals surface area contributed by atoms with E-state index < -0.39 is 0 Å². The predicted molar refractivity (Wildman–Crippen MR) is 124 cm³/mol. The van der Waals surface area contributed by atoms with E-state index in [-0.39, 0.29) is 11.7 Å². The fourth-order valence-corrected chi connectivity index (χ4v) is 4.27. The van der Waals surface area contributed by atoms with Crippen molar-refractivity contribution in [1.82, 2.24) is 14.5 Å². The van der Waals surface area contributed by atoms with Gasteiger partial charge in [0.05, 0.1) is 31.1 Å². The van der Waals surface area contributed by atoms with E-state index in [4.69, 9.17) is 4.74 Å². The topological polar surface area (TPSA) is 63.1 Å². The standard InChI is InChI=1S/C25H26N4O2/c1-17-4-3-5-19(10-17)16-29-7-6-20(11-24(29)30)23-14-27-25-22(23)12-21(13-26-25)28-8-9-31-18(2)15-28/h3-7,10-14,18H,8-9,15-16H2,1-2H3,(H,26,27). The lowest BCUT2D eigenvalue weighted by molar-refractivity contribution is 0.0532. The maximum absolute atomic E-state index is 12.8. The molecule has 0 bridgehead atoms. The van der Waals surface area contributed by atoms with Crippen LogP contribution in [0.3, 0.4) is 0 Å². The Morgan fingerprint density at radius 2 is 2.13 bits per heavy atom. The first-order valence-electron chi connectivity index (χ1n) is 10.7. The lowest BCUT2D eigenvalue weighted by atomic mass is 10.1. The highest BCUT2D eigenvalue weighted by atomic mass is 16.5. The van der Waals surface area contributed by atoms with Crippen molar-refractivity contribution in [2.24, 2.45) is 0 Å². The molecule has 0 amide bonds. The minimum atomic E-state index is -0.0144. The van der Waals surface area contributed by atoms with Crippen molar-refractivity contribution in [3.63, 3.8) is 0 Å². The number of morpholine rings is 1. The predicted octanol–water partition coefficient (Wildman–Crippen LogP) is 3.97. The molecule has 6 nitrogen and oxygen atoms in total. The summed E-state index contributed by atoms with van der Waals surface area (Å²) in [4.78, 5) is 23.0. The second-order valence-electron chi connectivity index (χ2n) is 8.29. The Morgan fingerprint density at radius 1 is 1.23 bits per heavy atom. The number of aromatic amines is 1. The van der Waals surface area contributed by atoms with Gasteiger partial charge in [0.1, 0.15) is 5.65 Å². The van der Waals surface area contributed by atoms with Crippen LogP contribution in [0.4, 0.5) is 5.69 Å². The van der Waals surface area contributed by atoms with Crippen LogP contribution in [0.25, 0.3) is 22.2 Å². The molecule has 4 heterocycles. The summed E-state index contributed by atoms with van der Waals surface area (Å²) in [5.41, 5.74) is 6.09. The normalized spacial score (nSPS) is 16.7. The van der Waals surface area contributed by atoms with Crippen molar-refractivity contribution >= 4 is 16.7 Å². The highest BCUT2D eigenvalue weighted by Gasteiger charge is 2.18. The minimum Gasteiger partial charge on any atom is -0.375 e. The third kappa shape index (κ3) is 3.99. The van der Waals surface area contributed by atoms with Gasteiger partial charge in [-0.05, 0) is 37.1 Å². The summed E-state index contributed by atoms with van der Waals surface area (Å²) in [6.07, 6.45) is 5.92. The van der Waals surface area contributed by atoms with Gasteiger partial charge in [0.2, 0.25) is 0 Å². The first-order valence-corrected chi connectivity index (χ1v) is 10.7. The molecule has 1 N–H and O–H groups in total. The molecule has 0 spiro atoms. The van der Waals surface area contributed by atoms with Gasteiger partial charge in [0.15, 0.2) is 0 Å². The fraction of sp³-hybridized carbons (Fsp3) is 0.280. The average Bonchev–Trinajstić information content (AvgIpc) is 3.18. The molecule has 0 aliphatic carbocycles. The molecular formula is C25H26N4O2. The highest BCUT2D eigenvalue weighted by Crippen LogP contribution is 2.30. The van der Waals surface area contributed by atoms with E-state index in [0.717, 1.165) is 53.1 Å². The zero-order valence-electron chi connectivity index (χ0n) is 17.8. The van der Waals surface area contributed by atoms with Gasteiger partial charge < -0.3 is 19.2 Å². The van der Waals surface area contributed by atoms with Crippen LogP contribution in [0.2, 0.25) is 0 Å². The second-order valence-corrected chi connectivity index (χ2v) is 8.29. The van der Waals surface area contributed by atoms with Gasteiger partial charge in [-0.1, -0.05) is 29.8 Å². The highest BCUT2D eigenvalue weighted by molar-refractivity contribution is 5.95. The molecule has 31 heavy (non-hydrogen) atoms. The molecule has 1 unspecified atom stereocenters. The number of anilines is 1. The molecule has 5 rings (SSSR count). The first kappa shape index (κ1) is 19.6. The maximum atomic E-state index is 12.8. The van der Waals surface area contributed by atoms with Crippen molar-refractivity contribution in [2.75, 3.05) is 24.6 Å². The summed E-state index contributed by atoms with van der Waals surface area (Å²) in [7, 11) is 0. The Bertz CT molecular complexity index is 1290. The third-order valence-electron chi connectivity index (χ3n) is 5.87. The first-order chi connectivity index (χ1) is 15.1. The van der Waals surface area contributed by atoms with E-state index in [1.165, 1.54) is 5.56 Å². The van der Waals surface area contributed by atoms with Gasteiger partial charge in [-0.15, -0.1) is 0 Å². The van der Waals surface area contributed by atoms with Gasteiger partial charge in [0, 0.05) is 42.5 Å². The van der Waals surface area contributed by atoms with E-state index in [1.807, 2.05) is 36.8 Å². The van der Waals surface area contributed by atoms with Crippen molar-refractivity contribution in [1.29, 1.82) is 0 Å². The van der Waals surface area contributed by atoms with Gasteiger partial charge in [-0.2, -0.15) is 0 Å². The summed E-state index contributed by atoms with van der Waals surface area (Å²) in [5.74, 6) is 0. The van der Waals surface area contributed by atoms with Crippen LogP contribution in [0.5, 0.6) is 0 Å². The number of hydrogen-bond acceptors (Lipinski definition) is 4. The summed E-state index contributed by atoms with van der Waals surface area (Å²) >= 11 is 0. The van der Waals surface area contributed by atoms with Crippen molar-refractivity contribution < 1.29 is 4.74 Å². The molecule has 0 saturated carbocycles. The minimum absolute atomic E-state index is 0.0144. The Morgan fingerprint density at radius 3 is 2.94 bits per heavy atom. The number of pyridine rings is 2. The number of fused-ring (bicyclic) bond motifs is 1. The number of H-pyrrole nitrogens is 1. The molecular weight excluding hydrogens is 388 g/mol. The smallest absolute Gasteiger partial charge is 0.251 e. The van der Waals surface area contributed by atoms with Gasteiger partial charge in [-0.25, -0.2) is 4.98 Å². The summed E-state index contributed by atoms with van der Waals surface area (Å²) in [5, 5.41) is 1.02. The van der Waals surface area contributed by atoms with Crippen LogP contribution in [-0.2, 0) is 11.3 Å².